The van der Waals surface area contributed by atoms with Crippen molar-refractivity contribution >= 4 is 10.0 Å². The van der Waals surface area contributed by atoms with Gasteiger partial charge in [-0.3, -0.25) is 0 Å². The molecule has 5 nitrogen and oxygen atoms in total. The van der Waals surface area contributed by atoms with Gasteiger partial charge in [0.25, 0.3) is 0 Å². The number of hydrogen-bond acceptors (Lipinski definition) is 4. The van der Waals surface area contributed by atoms with E-state index in [1.54, 1.807) is 7.05 Å². The molecule has 17 heavy (non-hydrogen) atoms. The second-order valence-electron chi connectivity index (χ2n) is 4.26. The maximum atomic E-state index is 11.8. The fourth-order valence-electron chi connectivity index (χ4n) is 1.27. The van der Waals surface area contributed by atoms with E-state index in [0.29, 0.717) is 19.6 Å². The van der Waals surface area contributed by atoms with Crippen molar-refractivity contribution in [2.24, 2.45) is 0 Å². The largest absolute Gasteiger partial charge is 0.377 e. The van der Waals surface area contributed by atoms with Crippen LogP contribution >= 0.6 is 0 Å². The molecule has 0 rings (SSSR count). The van der Waals surface area contributed by atoms with Crippen molar-refractivity contribution in [3.63, 3.8) is 0 Å². The molecule has 0 saturated heterocycles. The number of nitrogens with one attached hydrogen (secondary N) is 1. The molecule has 0 saturated carbocycles. The van der Waals surface area contributed by atoms with Gasteiger partial charge in [0.2, 0.25) is 10.0 Å². The number of hydrogen-bond donors (Lipinski definition) is 1. The van der Waals surface area contributed by atoms with Gasteiger partial charge in [0.1, 0.15) is 0 Å². The Bertz CT molecular complexity index is 278. The Labute approximate surface area is 106 Å². The zero-order valence-corrected chi connectivity index (χ0v) is 12.2. The summed E-state index contributed by atoms with van der Waals surface area (Å²) in [6.45, 7) is 8.35. The molecule has 0 radical (unpaired) electrons. The van der Waals surface area contributed by atoms with Crippen LogP contribution in [0.15, 0.2) is 0 Å². The van der Waals surface area contributed by atoms with Gasteiger partial charge in [0.15, 0.2) is 0 Å². The van der Waals surface area contributed by atoms with Crippen LogP contribution in [0.4, 0.5) is 0 Å². The number of sulfonamides is 1. The van der Waals surface area contributed by atoms with Crippen molar-refractivity contribution in [2.75, 3.05) is 39.0 Å². The highest BCUT2D eigenvalue weighted by atomic mass is 32.2. The second-order valence-corrected chi connectivity index (χ2v) is 6.46. The number of ether oxygens (including phenoxy) is 1. The third kappa shape index (κ3) is 8.54. The van der Waals surface area contributed by atoms with E-state index in [9.17, 15) is 8.42 Å². The van der Waals surface area contributed by atoms with Gasteiger partial charge in [0.05, 0.1) is 18.5 Å². The quantitative estimate of drug-likeness (QED) is 0.591. The van der Waals surface area contributed by atoms with E-state index in [4.69, 9.17) is 4.74 Å². The van der Waals surface area contributed by atoms with Crippen molar-refractivity contribution in [1.29, 1.82) is 0 Å². The summed E-state index contributed by atoms with van der Waals surface area (Å²) in [6, 6.07) is 0. The molecule has 0 aromatic heterocycles. The van der Waals surface area contributed by atoms with Crippen LogP contribution in [0.5, 0.6) is 0 Å². The van der Waals surface area contributed by atoms with Gasteiger partial charge in [-0.1, -0.05) is 6.92 Å². The van der Waals surface area contributed by atoms with Gasteiger partial charge in [-0.15, -0.1) is 0 Å². The van der Waals surface area contributed by atoms with Crippen LogP contribution < -0.4 is 5.32 Å². The molecule has 0 aliphatic rings. The Hall–Kier alpha value is -0.170. The average Bonchev–Trinajstić information content (AvgIpc) is 2.23. The first-order chi connectivity index (χ1) is 7.90. The van der Waals surface area contributed by atoms with E-state index in [0.717, 1.165) is 13.1 Å². The minimum absolute atomic E-state index is 0.139. The van der Waals surface area contributed by atoms with Crippen LogP contribution in [-0.2, 0) is 14.8 Å². The summed E-state index contributed by atoms with van der Waals surface area (Å²) in [6.07, 6.45) is 0.783. The normalized spacial score (nSPS) is 12.6. The third-order valence-corrected chi connectivity index (χ3v) is 4.27. The maximum absolute atomic E-state index is 11.8. The third-order valence-electron chi connectivity index (χ3n) is 2.34. The summed E-state index contributed by atoms with van der Waals surface area (Å²) in [7, 11) is -1.52. The standard InChI is InChI=1S/C11H26N2O3S/c1-5-12-7-6-10-17(14,15)13(4)8-9-16-11(2)3/h11-12H,5-10H2,1-4H3. The minimum Gasteiger partial charge on any atom is -0.377 e. The summed E-state index contributed by atoms with van der Waals surface area (Å²) >= 11 is 0. The van der Waals surface area contributed by atoms with E-state index in [-0.39, 0.29) is 11.9 Å². The van der Waals surface area contributed by atoms with Gasteiger partial charge in [-0.05, 0) is 33.4 Å². The van der Waals surface area contributed by atoms with Gasteiger partial charge in [-0.2, -0.15) is 0 Å². The van der Waals surface area contributed by atoms with Crippen LogP contribution in [0, 0.1) is 0 Å². The van der Waals surface area contributed by atoms with Crippen molar-refractivity contribution in [3.8, 4) is 0 Å². The van der Waals surface area contributed by atoms with Gasteiger partial charge in [0, 0.05) is 13.6 Å². The van der Waals surface area contributed by atoms with E-state index < -0.39 is 10.0 Å². The van der Waals surface area contributed by atoms with Crippen molar-refractivity contribution in [2.45, 2.75) is 33.3 Å². The van der Waals surface area contributed by atoms with Gasteiger partial charge >= 0.3 is 0 Å². The highest BCUT2D eigenvalue weighted by Gasteiger charge is 2.16. The SMILES string of the molecule is CCNCCCS(=O)(=O)N(C)CCOC(C)C. The fraction of sp³-hybridized carbons (Fsp3) is 1.00. The fourth-order valence-corrected chi connectivity index (χ4v) is 2.44. The molecule has 0 aromatic carbocycles. The Morgan fingerprint density at radius 2 is 2.00 bits per heavy atom. The summed E-state index contributed by atoms with van der Waals surface area (Å²) < 4.78 is 30.3. The number of rotatable bonds is 10. The Kier molecular flexibility index (Phi) is 8.77. The van der Waals surface area contributed by atoms with E-state index >= 15 is 0 Å². The summed E-state index contributed by atoms with van der Waals surface area (Å²) in [4.78, 5) is 0. The van der Waals surface area contributed by atoms with Crippen molar-refractivity contribution in [3.05, 3.63) is 0 Å². The molecule has 0 amide bonds. The Morgan fingerprint density at radius 3 is 2.53 bits per heavy atom. The molecule has 0 aromatic rings. The average molecular weight is 266 g/mol. The monoisotopic (exact) mass is 266 g/mol. The highest BCUT2D eigenvalue weighted by molar-refractivity contribution is 7.89. The van der Waals surface area contributed by atoms with Crippen LogP contribution in [0.2, 0.25) is 0 Å². The van der Waals surface area contributed by atoms with Gasteiger partial charge < -0.3 is 10.1 Å². The molecular formula is C11H26N2O3S. The van der Waals surface area contributed by atoms with E-state index in [2.05, 4.69) is 5.32 Å². The molecule has 0 heterocycles. The number of likely N-dealkylation sites (N-methyl/N-ethyl adjacent to an activating group) is 1. The maximum Gasteiger partial charge on any atom is 0.213 e. The first-order valence-electron chi connectivity index (χ1n) is 6.16. The molecule has 0 atom stereocenters. The predicted molar refractivity (Wildman–Crippen MR) is 70.7 cm³/mol. The first-order valence-corrected chi connectivity index (χ1v) is 7.77. The Morgan fingerprint density at radius 1 is 1.35 bits per heavy atom. The lowest BCUT2D eigenvalue weighted by molar-refractivity contribution is 0.0737. The molecule has 6 heteroatoms. The van der Waals surface area contributed by atoms with Crippen LogP contribution in [0.25, 0.3) is 0 Å². The van der Waals surface area contributed by atoms with Crippen LogP contribution in [0.1, 0.15) is 27.2 Å². The van der Waals surface area contributed by atoms with Crippen molar-refractivity contribution in [1.82, 2.24) is 9.62 Å². The topological polar surface area (TPSA) is 58.6 Å². The van der Waals surface area contributed by atoms with Crippen LogP contribution in [-0.4, -0.2) is 57.9 Å². The zero-order chi connectivity index (χ0) is 13.3. The summed E-state index contributed by atoms with van der Waals surface area (Å²) in [5.74, 6) is 0.193. The minimum atomic E-state index is -3.13. The van der Waals surface area contributed by atoms with Crippen molar-refractivity contribution < 1.29 is 13.2 Å². The molecule has 0 bridgehead atoms. The molecule has 1 N–H and O–H groups in total. The smallest absolute Gasteiger partial charge is 0.213 e. The second kappa shape index (κ2) is 8.85. The van der Waals surface area contributed by atoms with E-state index in [1.807, 2.05) is 20.8 Å². The molecule has 0 fully saturated rings. The molecule has 0 spiro atoms. The zero-order valence-electron chi connectivity index (χ0n) is 11.4. The van der Waals surface area contributed by atoms with Crippen LogP contribution in [0.3, 0.4) is 0 Å². The van der Waals surface area contributed by atoms with Gasteiger partial charge in [-0.25, -0.2) is 12.7 Å². The van der Waals surface area contributed by atoms with E-state index in [1.165, 1.54) is 4.31 Å². The molecule has 0 aliphatic heterocycles. The lowest BCUT2D eigenvalue weighted by Crippen LogP contribution is -2.33. The molecule has 0 aliphatic carbocycles. The number of nitrogens with zero attached hydrogens (tertiary/aromatic N) is 1. The molecule has 0 unspecified atom stereocenters. The molecule has 104 valence electrons. The Balaban J connectivity index is 3.86. The predicted octanol–water partition coefficient (Wildman–Crippen LogP) is 0.673. The lowest BCUT2D eigenvalue weighted by Gasteiger charge is -2.18. The highest BCUT2D eigenvalue weighted by Crippen LogP contribution is 2.00. The summed E-state index contributed by atoms with van der Waals surface area (Å²) in [5, 5.41) is 3.11. The lowest BCUT2D eigenvalue weighted by atomic mass is 10.5. The first kappa shape index (κ1) is 16.8. The molecular weight excluding hydrogens is 240 g/mol. The summed E-state index contributed by atoms with van der Waals surface area (Å²) in [5.41, 5.74) is 0.